The summed E-state index contributed by atoms with van der Waals surface area (Å²) in [7, 11) is 0. The average Bonchev–Trinajstić information content (AvgIpc) is 2.80. The van der Waals surface area contributed by atoms with Gasteiger partial charge < -0.3 is 0 Å². The molecule has 1 N–H and O–H groups in total. The summed E-state index contributed by atoms with van der Waals surface area (Å²) in [4.78, 5) is 20.3. The molecule has 0 saturated carbocycles. The fourth-order valence-electron chi connectivity index (χ4n) is 2.98. The Morgan fingerprint density at radius 2 is 1.23 bits per heavy atom. The molecule has 0 bridgehead atoms. The second-order valence-electron chi connectivity index (χ2n) is 6.36. The lowest BCUT2D eigenvalue weighted by Gasteiger charge is -2.10. The molecule has 1 heterocycles. The highest BCUT2D eigenvalue weighted by Gasteiger charge is 2.26. The Hall–Kier alpha value is -4.39. The van der Waals surface area contributed by atoms with Crippen LogP contribution in [0.2, 0.25) is 0 Å². The Bertz CT molecular complexity index is 1120. The Morgan fingerprint density at radius 1 is 0.767 bits per heavy atom. The second kappa shape index (κ2) is 8.74. The van der Waals surface area contributed by atoms with Crippen molar-refractivity contribution in [2.75, 3.05) is 5.43 Å². The zero-order valence-electron chi connectivity index (χ0n) is 15.8. The first-order chi connectivity index (χ1) is 14.7. The van der Waals surface area contributed by atoms with Gasteiger partial charge in [-0.1, -0.05) is 91.0 Å². The van der Waals surface area contributed by atoms with Gasteiger partial charge in [0.15, 0.2) is 11.4 Å². The maximum Gasteiger partial charge on any atom is 0.321 e. The molecule has 0 aliphatic heterocycles. The van der Waals surface area contributed by atoms with Crippen LogP contribution in [0, 0.1) is 10.1 Å². The molecule has 0 aliphatic carbocycles. The van der Waals surface area contributed by atoms with Crippen LogP contribution in [0.3, 0.4) is 0 Å². The number of aromatic nitrogens is 2. The van der Waals surface area contributed by atoms with Crippen molar-refractivity contribution >= 4 is 17.9 Å². The summed E-state index contributed by atoms with van der Waals surface area (Å²) in [5.41, 5.74) is 5.26. The van der Waals surface area contributed by atoms with Crippen molar-refractivity contribution in [3.05, 3.63) is 107 Å². The van der Waals surface area contributed by atoms with E-state index in [0.717, 1.165) is 5.56 Å². The number of hydrazone groups is 1. The van der Waals surface area contributed by atoms with Crippen molar-refractivity contribution in [1.82, 2.24) is 9.97 Å². The molecule has 7 nitrogen and oxygen atoms in total. The monoisotopic (exact) mass is 395 g/mol. The van der Waals surface area contributed by atoms with Crippen molar-refractivity contribution in [3.63, 3.8) is 0 Å². The summed E-state index contributed by atoms with van der Waals surface area (Å²) in [5, 5.41) is 16.2. The molecule has 146 valence electrons. The van der Waals surface area contributed by atoms with Gasteiger partial charge in [0.2, 0.25) is 5.95 Å². The maximum absolute atomic E-state index is 12.0. The number of nitro groups is 1. The minimum absolute atomic E-state index is 0.148. The van der Waals surface area contributed by atoms with E-state index in [0.29, 0.717) is 11.1 Å². The van der Waals surface area contributed by atoms with E-state index in [4.69, 9.17) is 0 Å². The van der Waals surface area contributed by atoms with Crippen LogP contribution in [0.1, 0.15) is 5.56 Å². The van der Waals surface area contributed by atoms with Gasteiger partial charge in [0.25, 0.3) is 0 Å². The molecule has 4 rings (SSSR count). The normalized spacial score (nSPS) is 10.8. The number of anilines is 1. The van der Waals surface area contributed by atoms with Crippen molar-refractivity contribution in [2.45, 2.75) is 0 Å². The molecule has 0 radical (unpaired) electrons. The summed E-state index contributed by atoms with van der Waals surface area (Å²) in [6, 6.07) is 27.6. The Balaban J connectivity index is 1.83. The van der Waals surface area contributed by atoms with Crippen molar-refractivity contribution in [2.24, 2.45) is 5.10 Å². The molecular weight excluding hydrogens is 378 g/mol. The molecule has 3 aromatic carbocycles. The number of hydrogen-bond acceptors (Lipinski definition) is 6. The van der Waals surface area contributed by atoms with Crippen LogP contribution in [-0.2, 0) is 0 Å². The molecule has 0 fully saturated rings. The van der Waals surface area contributed by atoms with Gasteiger partial charge in [-0.05, 0) is 5.56 Å². The first kappa shape index (κ1) is 18.9. The fraction of sp³-hybridized carbons (Fsp3) is 0. The van der Waals surface area contributed by atoms with Crippen LogP contribution in [0.5, 0.6) is 0 Å². The lowest BCUT2D eigenvalue weighted by molar-refractivity contribution is -0.383. The van der Waals surface area contributed by atoms with Crippen LogP contribution in [0.4, 0.5) is 11.6 Å². The topological polar surface area (TPSA) is 93.3 Å². The van der Waals surface area contributed by atoms with Crippen LogP contribution >= 0.6 is 0 Å². The number of hydrogen-bond donors (Lipinski definition) is 1. The smallest absolute Gasteiger partial charge is 0.258 e. The highest BCUT2D eigenvalue weighted by atomic mass is 16.6. The molecule has 0 amide bonds. The summed E-state index contributed by atoms with van der Waals surface area (Å²) in [6.07, 6.45) is 1.63. The molecule has 0 saturated heterocycles. The zero-order chi connectivity index (χ0) is 20.8. The van der Waals surface area contributed by atoms with Crippen molar-refractivity contribution < 1.29 is 4.92 Å². The summed E-state index contributed by atoms with van der Waals surface area (Å²) < 4.78 is 0. The van der Waals surface area contributed by atoms with E-state index in [2.05, 4.69) is 20.5 Å². The Kier molecular flexibility index (Phi) is 5.52. The third-order valence-corrected chi connectivity index (χ3v) is 4.34. The van der Waals surface area contributed by atoms with Gasteiger partial charge in [-0.25, -0.2) is 15.4 Å². The predicted octanol–water partition coefficient (Wildman–Crippen LogP) is 5.16. The van der Waals surface area contributed by atoms with Crippen LogP contribution < -0.4 is 5.43 Å². The lowest BCUT2D eigenvalue weighted by Crippen LogP contribution is -2.05. The summed E-state index contributed by atoms with van der Waals surface area (Å²) >= 11 is 0. The maximum atomic E-state index is 12.0. The quantitative estimate of drug-likeness (QED) is 0.276. The largest absolute Gasteiger partial charge is 0.321 e. The SMILES string of the molecule is O=[N+]([O-])c1c(-c2ccccc2)nc(N/N=C\c2ccccc2)nc1-c1ccccc1. The first-order valence-electron chi connectivity index (χ1n) is 9.24. The standard InChI is InChI=1S/C23H17N5O2/c29-28(30)22-20(18-12-6-2-7-13-18)25-23(26-21(22)19-14-8-3-9-15-19)27-24-16-17-10-4-1-5-11-17/h1-16H,(H,25,26,27)/b24-16-. The lowest BCUT2D eigenvalue weighted by atomic mass is 10.1. The van der Waals surface area contributed by atoms with Crippen LogP contribution in [-0.4, -0.2) is 21.1 Å². The average molecular weight is 395 g/mol. The van der Waals surface area contributed by atoms with E-state index in [-0.39, 0.29) is 23.0 Å². The highest BCUT2D eigenvalue weighted by molar-refractivity contribution is 5.83. The van der Waals surface area contributed by atoms with Crippen molar-refractivity contribution in [3.8, 4) is 22.5 Å². The highest BCUT2D eigenvalue weighted by Crippen LogP contribution is 2.36. The van der Waals surface area contributed by atoms with E-state index in [9.17, 15) is 10.1 Å². The molecule has 0 spiro atoms. The van der Waals surface area contributed by atoms with E-state index >= 15 is 0 Å². The third-order valence-electron chi connectivity index (χ3n) is 4.34. The number of nitrogens with one attached hydrogen (secondary N) is 1. The van der Waals surface area contributed by atoms with Crippen LogP contribution in [0.25, 0.3) is 22.5 Å². The van der Waals surface area contributed by atoms with Gasteiger partial charge in [-0.3, -0.25) is 10.1 Å². The van der Waals surface area contributed by atoms with E-state index in [1.54, 1.807) is 30.5 Å². The van der Waals surface area contributed by atoms with Gasteiger partial charge in [-0.2, -0.15) is 5.10 Å². The van der Waals surface area contributed by atoms with E-state index in [1.807, 2.05) is 66.7 Å². The molecular formula is C23H17N5O2. The van der Waals surface area contributed by atoms with Gasteiger partial charge in [0, 0.05) is 11.1 Å². The predicted molar refractivity (Wildman–Crippen MR) is 117 cm³/mol. The Morgan fingerprint density at radius 3 is 1.70 bits per heavy atom. The molecule has 0 aliphatic rings. The number of benzene rings is 3. The zero-order valence-corrected chi connectivity index (χ0v) is 15.8. The first-order valence-corrected chi connectivity index (χ1v) is 9.24. The summed E-state index contributed by atoms with van der Waals surface area (Å²) in [5.74, 6) is 0.172. The minimum atomic E-state index is -0.443. The molecule has 0 atom stereocenters. The number of rotatable bonds is 6. The van der Waals surface area contributed by atoms with E-state index in [1.165, 1.54) is 0 Å². The number of nitrogens with zero attached hydrogens (tertiary/aromatic N) is 4. The van der Waals surface area contributed by atoms with Gasteiger partial charge in [0.1, 0.15) is 0 Å². The molecule has 7 heteroatoms. The fourth-order valence-corrected chi connectivity index (χ4v) is 2.98. The molecule has 4 aromatic rings. The molecule has 0 unspecified atom stereocenters. The summed E-state index contributed by atoms with van der Waals surface area (Å²) in [6.45, 7) is 0. The van der Waals surface area contributed by atoms with Gasteiger partial charge >= 0.3 is 5.69 Å². The van der Waals surface area contributed by atoms with Crippen molar-refractivity contribution in [1.29, 1.82) is 0 Å². The molecule has 30 heavy (non-hydrogen) atoms. The van der Waals surface area contributed by atoms with Crippen LogP contribution in [0.15, 0.2) is 96.1 Å². The van der Waals surface area contributed by atoms with E-state index < -0.39 is 4.92 Å². The van der Waals surface area contributed by atoms with Gasteiger partial charge in [-0.15, -0.1) is 0 Å². The second-order valence-corrected chi connectivity index (χ2v) is 6.36. The third kappa shape index (κ3) is 4.20. The Labute approximate surface area is 172 Å². The molecule has 1 aromatic heterocycles. The minimum Gasteiger partial charge on any atom is -0.258 e. The van der Waals surface area contributed by atoms with Gasteiger partial charge in [0.05, 0.1) is 11.1 Å².